The summed E-state index contributed by atoms with van der Waals surface area (Å²) >= 11 is 0. The van der Waals surface area contributed by atoms with Gasteiger partial charge >= 0.3 is 5.97 Å². The van der Waals surface area contributed by atoms with Crippen LogP contribution in [0.3, 0.4) is 0 Å². The molecule has 0 bridgehead atoms. The number of nitro benzene ring substituents is 2. The Kier molecular flexibility index (Phi) is 19.3. The van der Waals surface area contributed by atoms with E-state index in [0.717, 1.165) is 57.3 Å². The van der Waals surface area contributed by atoms with Gasteiger partial charge in [-0.1, -0.05) is 51.3 Å². The van der Waals surface area contributed by atoms with Gasteiger partial charge in [-0.05, 0) is 89.6 Å². The number of aromatic nitrogens is 6. The quantitative estimate of drug-likeness (QED) is 0.0412. The lowest BCUT2D eigenvalue weighted by Crippen LogP contribution is -2.29. The van der Waals surface area contributed by atoms with Crippen LogP contribution in [0.5, 0.6) is 0 Å². The molecule has 76 heavy (non-hydrogen) atoms. The van der Waals surface area contributed by atoms with E-state index in [1.54, 1.807) is 42.2 Å². The molecular formula is C55H70N14O7. The van der Waals surface area contributed by atoms with Crippen molar-refractivity contribution in [2.24, 2.45) is 14.1 Å². The maximum atomic E-state index is 12.7. The Bertz CT molecular complexity index is 3370. The summed E-state index contributed by atoms with van der Waals surface area (Å²) in [6, 6.07) is 25.7. The summed E-state index contributed by atoms with van der Waals surface area (Å²) in [6.07, 6.45) is 3.22. The molecule has 0 aliphatic heterocycles. The molecule has 8 aromatic rings. The number of carbonyl (C=O) groups excluding carboxylic acids is 1. The van der Waals surface area contributed by atoms with Gasteiger partial charge in [-0.3, -0.25) is 20.2 Å². The molecule has 4 aromatic heterocycles. The average molecular weight is 1040 g/mol. The molecule has 0 saturated carbocycles. The third kappa shape index (κ3) is 12.5. The number of rotatable bonds is 18. The van der Waals surface area contributed by atoms with E-state index in [1.165, 1.54) is 19.2 Å². The predicted octanol–water partition coefficient (Wildman–Crippen LogP) is 9.74. The number of carbonyl (C=O) groups is 1. The van der Waals surface area contributed by atoms with Crippen LogP contribution in [0.15, 0.2) is 97.3 Å². The first-order valence-corrected chi connectivity index (χ1v) is 23.7. The third-order valence-electron chi connectivity index (χ3n) is 12.8. The van der Waals surface area contributed by atoms with Crippen LogP contribution in [0.25, 0.3) is 44.3 Å². The Balaban J connectivity index is 0.000000274. The van der Waals surface area contributed by atoms with Crippen LogP contribution in [-0.4, -0.2) is 135 Å². The highest BCUT2D eigenvalue weighted by Gasteiger charge is 2.26. The number of nitrogens with zero attached hydrogens (tertiary/aromatic N) is 12. The topological polar surface area (TPSA) is 231 Å². The fourth-order valence-corrected chi connectivity index (χ4v) is 8.74. The molecule has 0 amide bonds. The van der Waals surface area contributed by atoms with Crippen LogP contribution in [0.1, 0.15) is 42.2 Å². The Morgan fingerprint density at radius 1 is 0.645 bits per heavy atom. The van der Waals surface area contributed by atoms with E-state index in [-0.39, 0.29) is 48.6 Å². The van der Waals surface area contributed by atoms with Crippen molar-refractivity contribution >= 4 is 73.8 Å². The monoisotopic (exact) mass is 1040 g/mol. The maximum absolute atomic E-state index is 12.7. The molecule has 4 aromatic carbocycles. The van der Waals surface area contributed by atoms with Gasteiger partial charge in [0.25, 0.3) is 11.4 Å². The van der Waals surface area contributed by atoms with E-state index < -0.39 is 5.97 Å². The first-order valence-electron chi connectivity index (χ1n) is 23.7. The second kappa shape index (κ2) is 25.1. The lowest BCUT2D eigenvalue weighted by Gasteiger charge is -2.22. The molecule has 3 N–H and O–H groups in total. The van der Waals surface area contributed by atoms with Crippen LogP contribution >= 0.6 is 0 Å². The van der Waals surface area contributed by atoms with Gasteiger partial charge in [0, 0.05) is 112 Å². The number of aryl methyl sites for hydroxylation is 4. The third-order valence-corrected chi connectivity index (χ3v) is 12.8. The van der Waals surface area contributed by atoms with E-state index in [9.17, 15) is 30.1 Å². The Morgan fingerprint density at radius 3 is 1.49 bits per heavy atom. The fraction of sp³-hybridized carbons (Fsp3) is 0.327. The van der Waals surface area contributed by atoms with Crippen LogP contribution < -0.4 is 20.4 Å². The number of methoxy groups -OCH3 is 1. The van der Waals surface area contributed by atoms with Crippen molar-refractivity contribution in [1.29, 1.82) is 0 Å². The van der Waals surface area contributed by atoms with Crippen molar-refractivity contribution in [3.8, 4) is 22.5 Å². The van der Waals surface area contributed by atoms with Crippen LogP contribution in [0, 0.1) is 34.1 Å². The number of aliphatic hydroxyl groups excluding tert-OH is 1. The predicted molar refractivity (Wildman–Crippen MR) is 304 cm³/mol. The number of esters is 1. The number of para-hydroxylation sites is 2. The van der Waals surface area contributed by atoms with Crippen molar-refractivity contribution in [3.63, 3.8) is 0 Å². The second-order valence-electron chi connectivity index (χ2n) is 18.4. The summed E-state index contributed by atoms with van der Waals surface area (Å²) in [5.41, 5.74) is 9.41. The summed E-state index contributed by atoms with van der Waals surface area (Å²) < 4.78 is 8.80. The minimum Gasteiger partial charge on any atom is -0.464 e. The Hall–Kier alpha value is -8.53. The number of fused-ring (bicyclic) bond motifs is 2. The molecule has 0 aliphatic carbocycles. The number of nitrogens with one attached hydrogen (secondary N) is 2. The summed E-state index contributed by atoms with van der Waals surface area (Å²) in [7, 11) is 16.6. The minimum atomic E-state index is -0.479. The zero-order valence-corrected chi connectivity index (χ0v) is 43.5. The van der Waals surface area contributed by atoms with Crippen molar-refractivity contribution in [3.05, 3.63) is 140 Å². The number of likely N-dealkylation sites (N-methyl/N-ethyl adjacent to an activating group) is 4. The molecule has 0 spiro atoms. The zero-order valence-electron chi connectivity index (χ0n) is 43.5. The van der Waals surface area contributed by atoms with Crippen molar-refractivity contribution in [1.82, 2.24) is 38.9 Å². The molecule has 0 fully saturated rings. The van der Waals surface area contributed by atoms with E-state index in [2.05, 4.69) is 25.6 Å². The number of nitro groups is 2. The number of anilines is 6. The maximum Gasteiger partial charge on any atom is 0.355 e. The molecule has 0 radical (unpaired) electrons. The van der Waals surface area contributed by atoms with E-state index in [1.807, 2.05) is 142 Å². The molecule has 0 unspecified atom stereocenters. The van der Waals surface area contributed by atoms with E-state index >= 15 is 0 Å². The van der Waals surface area contributed by atoms with Gasteiger partial charge in [0.2, 0.25) is 11.9 Å². The molecular weight excluding hydrogens is 969 g/mol. The molecule has 8 rings (SSSR count). The van der Waals surface area contributed by atoms with Gasteiger partial charge in [-0.2, -0.15) is 0 Å². The standard InChI is InChI=1S/C27H31N7O4.C26H31N7O3.2CH4/c1-17-15-22(32(4)14-13-31(2)3)23(34(36)37)16-20(17)30-27-28-12-11-19(29-27)24-18-9-7-8-10-21(18)33(5)25(24)26(35)38-6;1-17-14-22(31(4)13-12-30(2)3)23(33(35)36)15-20(17)29-26-27-11-10-19(28-26)25-18-8-6-7-9-21(18)32(5)24(25)16-34;;/h7-12,15-16H,13-14H2,1-6H3,(H,28,29,30);6-11,14-15,34H,12-13,16H2,1-5H3,(H,27,28,29);2*1H4. The normalized spacial score (nSPS) is 10.9. The molecule has 0 aliphatic rings. The second-order valence-corrected chi connectivity index (χ2v) is 18.4. The van der Waals surface area contributed by atoms with Crippen LogP contribution in [0.2, 0.25) is 0 Å². The summed E-state index contributed by atoms with van der Waals surface area (Å²) in [5.74, 6) is 0.0834. The summed E-state index contributed by atoms with van der Waals surface area (Å²) in [4.78, 5) is 61.7. The smallest absolute Gasteiger partial charge is 0.355 e. The minimum absolute atomic E-state index is 0. The molecule has 21 heteroatoms. The lowest BCUT2D eigenvalue weighted by molar-refractivity contribution is -0.384. The van der Waals surface area contributed by atoms with Crippen molar-refractivity contribution in [2.45, 2.75) is 35.3 Å². The van der Waals surface area contributed by atoms with E-state index in [0.29, 0.717) is 64.4 Å². The van der Waals surface area contributed by atoms with Gasteiger partial charge in [0.15, 0.2) is 0 Å². The number of ether oxygens (including phenoxy) is 1. The van der Waals surface area contributed by atoms with Crippen LogP contribution in [-0.2, 0) is 25.4 Å². The lowest BCUT2D eigenvalue weighted by atomic mass is 10.1. The Labute approximate surface area is 443 Å². The first-order chi connectivity index (χ1) is 35.3. The number of hydrogen-bond donors (Lipinski definition) is 3. The molecule has 402 valence electrons. The largest absolute Gasteiger partial charge is 0.464 e. The average Bonchev–Trinajstić information content (AvgIpc) is 3.85. The van der Waals surface area contributed by atoms with Crippen LogP contribution in [0.4, 0.5) is 46.0 Å². The van der Waals surface area contributed by atoms with E-state index in [4.69, 9.17) is 9.72 Å². The number of benzene rings is 4. The number of aliphatic hydroxyl groups is 1. The first kappa shape index (κ1) is 58.4. The van der Waals surface area contributed by atoms with Gasteiger partial charge in [0.1, 0.15) is 17.1 Å². The highest BCUT2D eigenvalue weighted by Crippen LogP contribution is 2.39. The molecule has 0 atom stereocenters. The highest BCUT2D eigenvalue weighted by atomic mass is 16.6. The Morgan fingerprint density at radius 2 is 1.07 bits per heavy atom. The van der Waals surface area contributed by atoms with Gasteiger partial charge in [-0.15, -0.1) is 0 Å². The molecule has 4 heterocycles. The zero-order chi connectivity index (χ0) is 53.5. The highest BCUT2D eigenvalue weighted by molar-refractivity contribution is 6.08. The van der Waals surface area contributed by atoms with Crippen molar-refractivity contribution in [2.75, 3.05) is 96.0 Å². The number of hydrogen-bond acceptors (Lipinski definition) is 17. The van der Waals surface area contributed by atoms with Gasteiger partial charge < -0.3 is 49.2 Å². The van der Waals surface area contributed by atoms with Gasteiger partial charge in [0.05, 0.1) is 52.0 Å². The SMILES string of the molecule is C.C.COC(=O)c1c(-c2ccnc(Nc3cc([N+](=O)[O-])c(N(C)CCN(C)C)cc3C)n2)c2ccccc2n1C.Cc1cc(N(C)CCN(C)C)c([N+](=O)[O-])cc1Nc1nccc(-c2c(CO)n(C)c3ccccc23)n1. The summed E-state index contributed by atoms with van der Waals surface area (Å²) in [6.45, 7) is 6.46. The van der Waals surface area contributed by atoms with Gasteiger partial charge in [-0.25, -0.2) is 24.7 Å². The molecule has 0 saturated heterocycles. The van der Waals surface area contributed by atoms with Crippen molar-refractivity contribution < 1.29 is 24.5 Å². The summed E-state index contributed by atoms with van der Waals surface area (Å²) in [5, 5.41) is 42.0. The fourth-order valence-electron chi connectivity index (χ4n) is 8.74. The molecule has 21 nitrogen and oxygen atoms in total.